The molecule has 13 heteroatoms. The second-order valence-electron chi connectivity index (χ2n) is 11.4. The van der Waals surface area contributed by atoms with Crippen molar-refractivity contribution in [3.8, 4) is 11.1 Å². The van der Waals surface area contributed by atoms with Crippen LogP contribution in [-0.2, 0) is 22.4 Å². The van der Waals surface area contributed by atoms with Gasteiger partial charge in [-0.15, -0.1) is 0 Å². The zero-order valence-electron chi connectivity index (χ0n) is 24.9. The molecule has 4 aromatic rings. The molecule has 1 fully saturated rings. The maximum Gasteiger partial charge on any atom is 0.304 e. The molecule has 0 spiro atoms. The predicted molar refractivity (Wildman–Crippen MR) is 162 cm³/mol. The fraction of sp³-hybridized carbons (Fsp3) is 0.438. The molecule has 0 saturated heterocycles. The van der Waals surface area contributed by atoms with E-state index in [1.165, 1.54) is 6.33 Å². The summed E-state index contributed by atoms with van der Waals surface area (Å²) in [7, 11) is 0. The SMILES string of the molecule is CCCc1c(Cc2ccc(-c3ccccc3C3=NOC(O)N3)cc2)c(=O)n([C@H]2CC[C@H](OCC(O)C(F)F)CC2)c2ncnn12. The number of fused-ring (bicyclic) bond motifs is 1. The van der Waals surface area contributed by atoms with Gasteiger partial charge >= 0.3 is 6.41 Å². The maximum atomic E-state index is 14.2. The van der Waals surface area contributed by atoms with Crippen molar-refractivity contribution in [2.45, 2.75) is 83.0 Å². The summed E-state index contributed by atoms with van der Waals surface area (Å²) in [6, 6.07) is 15.5. The molecule has 45 heavy (non-hydrogen) atoms. The average molecular weight is 623 g/mol. The third-order valence-corrected chi connectivity index (χ3v) is 8.45. The van der Waals surface area contributed by atoms with E-state index in [9.17, 15) is 23.8 Å². The van der Waals surface area contributed by atoms with Gasteiger partial charge in [0.2, 0.25) is 5.78 Å². The van der Waals surface area contributed by atoms with Crippen LogP contribution in [0.25, 0.3) is 16.9 Å². The first-order chi connectivity index (χ1) is 21.8. The fourth-order valence-electron chi connectivity index (χ4n) is 6.20. The Balaban J connectivity index is 1.27. The lowest BCUT2D eigenvalue weighted by atomic mass is 9.92. The third kappa shape index (κ3) is 6.46. The molecule has 1 aliphatic heterocycles. The first-order valence-corrected chi connectivity index (χ1v) is 15.2. The molecule has 2 aliphatic rings. The molecule has 1 aliphatic carbocycles. The number of aliphatic hydroxyl groups excluding tert-OH is 2. The van der Waals surface area contributed by atoms with E-state index in [0.29, 0.717) is 55.7 Å². The number of nitrogens with one attached hydrogen (secondary N) is 1. The number of halogens is 2. The second kappa shape index (κ2) is 13.4. The van der Waals surface area contributed by atoms with E-state index in [0.717, 1.165) is 34.4 Å². The summed E-state index contributed by atoms with van der Waals surface area (Å²) in [6.45, 7) is 1.65. The fourth-order valence-corrected chi connectivity index (χ4v) is 6.20. The van der Waals surface area contributed by atoms with E-state index >= 15 is 0 Å². The summed E-state index contributed by atoms with van der Waals surface area (Å²) >= 11 is 0. The predicted octanol–water partition coefficient (Wildman–Crippen LogP) is 3.78. The molecule has 1 saturated carbocycles. The number of hydrogen-bond donors (Lipinski definition) is 3. The number of ether oxygens (including phenoxy) is 1. The first kappa shape index (κ1) is 30.8. The van der Waals surface area contributed by atoms with Gasteiger partial charge in [-0.2, -0.15) is 10.1 Å². The van der Waals surface area contributed by atoms with Gasteiger partial charge in [0, 0.05) is 23.6 Å². The zero-order valence-corrected chi connectivity index (χ0v) is 24.9. The van der Waals surface area contributed by atoms with Crippen LogP contribution in [0.1, 0.15) is 67.5 Å². The molecule has 0 amide bonds. The van der Waals surface area contributed by atoms with Gasteiger partial charge in [-0.05, 0) is 48.8 Å². The first-order valence-electron chi connectivity index (χ1n) is 15.2. The highest BCUT2D eigenvalue weighted by Gasteiger charge is 2.29. The quantitative estimate of drug-likeness (QED) is 0.230. The van der Waals surface area contributed by atoms with Crippen LogP contribution in [0.15, 0.2) is 64.8 Å². The van der Waals surface area contributed by atoms with Crippen molar-refractivity contribution >= 4 is 11.6 Å². The van der Waals surface area contributed by atoms with Gasteiger partial charge in [0.05, 0.1) is 18.4 Å². The normalized spacial score (nSPS) is 20.7. The summed E-state index contributed by atoms with van der Waals surface area (Å²) in [5.41, 5.74) is 5.00. The maximum absolute atomic E-state index is 14.2. The standard InChI is InChI=1S/C32H36F2N6O5/c1-2-5-26-25(16-19-8-10-20(11-9-19)23-6-3-4-7-24(23)29-37-32(43)45-38-29)30(42)39(31-35-18-36-40(26)31)21-12-14-22(15-13-21)44-17-27(41)28(33)34/h3-4,6-11,18,21-22,27-28,32,41,43H,2,5,12-17H2,1H3,(H,37,38)/t21-,22-,27?,32?. The third-order valence-electron chi connectivity index (χ3n) is 8.45. The highest BCUT2D eigenvalue weighted by Crippen LogP contribution is 2.31. The van der Waals surface area contributed by atoms with Crippen LogP contribution in [0.2, 0.25) is 0 Å². The number of oxime groups is 1. The van der Waals surface area contributed by atoms with Crippen LogP contribution in [0, 0.1) is 0 Å². The number of nitrogens with zero attached hydrogens (tertiary/aromatic N) is 5. The minimum Gasteiger partial charge on any atom is -0.385 e. The number of rotatable bonds is 11. The van der Waals surface area contributed by atoms with Crippen LogP contribution in [-0.4, -0.2) is 66.9 Å². The molecule has 2 aromatic carbocycles. The summed E-state index contributed by atoms with van der Waals surface area (Å²) in [5.74, 6) is 0.939. The molecular weight excluding hydrogens is 586 g/mol. The molecule has 3 N–H and O–H groups in total. The Morgan fingerprint density at radius 2 is 1.82 bits per heavy atom. The Bertz CT molecular complexity index is 1720. The number of hydrogen-bond acceptors (Lipinski definition) is 9. The van der Waals surface area contributed by atoms with Crippen molar-refractivity contribution in [2.24, 2.45) is 5.16 Å². The minimum atomic E-state index is -2.84. The van der Waals surface area contributed by atoms with Gasteiger partial charge in [0.1, 0.15) is 12.4 Å². The number of benzene rings is 2. The highest BCUT2D eigenvalue weighted by atomic mass is 19.3. The molecule has 2 aromatic heterocycles. The number of aliphatic hydroxyl groups is 2. The Morgan fingerprint density at radius 3 is 2.49 bits per heavy atom. The van der Waals surface area contributed by atoms with Crippen LogP contribution in [0.4, 0.5) is 8.78 Å². The van der Waals surface area contributed by atoms with E-state index in [1.54, 1.807) is 9.08 Å². The molecule has 3 heterocycles. The summed E-state index contributed by atoms with van der Waals surface area (Å²) < 4.78 is 34.4. The molecule has 0 bridgehead atoms. The van der Waals surface area contributed by atoms with Gasteiger partial charge in [-0.1, -0.05) is 67.0 Å². The Morgan fingerprint density at radius 1 is 1.09 bits per heavy atom. The van der Waals surface area contributed by atoms with Crippen LogP contribution < -0.4 is 10.9 Å². The van der Waals surface area contributed by atoms with E-state index < -0.39 is 25.6 Å². The van der Waals surface area contributed by atoms with Crippen molar-refractivity contribution < 1.29 is 28.6 Å². The van der Waals surface area contributed by atoms with Crippen molar-refractivity contribution in [3.63, 3.8) is 0 Å². The van der Waals surface area contributed by atoms with Crippen molar-refractivity contribution in [3.05, 3.63) is 87.6 Å². The number of aromatic nitrogens is 4. The van der Waals surface area contributed by atoms with E-state index in [-0.39, 0.29) is 17.7 Å². The van der Waals surface area contributed by atoms with E-state index in [4.69, 9.17) is 9.57 Å². The Labute approximate surface area is 258 Å². The van der Waals surface area contributed by atoms with Gasteiger partial charge in [-0.3, -0.25) is 9.36 Å². The Hall–Kier alpha value is -4.20. The number of alkyl halides is 2. The van der Waals surface area contributed by atoms with Crippen molar-refractivity contribution in [1.29, 1.82) is 0 Å². The van der Waals surface area contributed by atoms with E-state index in [1.807, 2.05) is 48.5 Å². The lowest BCUT2D eigenvalue weighted by Crippen LogP contribution is -2.36. The van der Waals surface area contributed by atoms with Gasteiger partial charge < -0.3 is 25.1 Å². The molecule has 2 unspecified atom stereocenters. The zero-order chi connectivity index (χ0) is 31.5. The van der Waals surface area contributed by atoms with Crippen LogP contribution in [0.3, 0.4) is 0 Å². The molecular formula is C32H36F2N6O5. The number of aryl methyl sites for hydroxylation is 1. The largest absolute Gasteiger partial charge is 0.385 e. The minimum absolute atomic E-state index is 0.102. The molecule has 6 rings (SSSR count). The lowest BCUT2D eigenvalue weighted by Gasteiger charge is -2.31. The molecule has 0 radical (unpaired) electrons. The number of amidine groups is 1. The van der Waals surface area contributed by atoms with Gasteiger partial charge in [0.25, 0.3) is 12.0 Å². The van der Waals surface area contributed by atoms with Crippen molar-refractivity contribution in [2.75, 3.05) is 6.61 Å². The monoisotopic (exact) mass is 622 g/mol. The molecule has 238 valence electrons. The smallest absolute Gasteiger partial charge is 0.304 e. The Kier molecular flexibility index (Phi) is 9.19. The van der Waals surface area contributed by atoms with Crippen LogP contribution >= 0.6 is 0 Å². The van der Waals surface area contributed by atoms with E-state index in [2.05, 4.69) is 27.5 Å². The van der Waals surface area contributed by atoms with Crippen LogP contribution in [0.5, 0.6) is 0 Å². The average Bonchev–Trinajstić information content (AvgIpc) is 3.72. The highest BCUT2D eigenvalue weighted by molar-refractivity contribution is 6.04. The summed E-state index contributed by atoms with van der Waals surface area (Å²) in [6.07, 6.45) is -0.351. The lowest BCUT2D eigenvalue weighted by molar-refractivity contribution is -0.0896. The van der Waals surface area contributed by atoms with Gasteiger partial charge in [0.15, 0.2) is 5.84 Å². The second-order valence-corrected chi connectivity index (χ2v) is 11.4. The summed E-state index contributed by atoms with van der Waals surface area (Å²) in [5, 5.41) is 30.3. The molecule has 11 nitrogen and oxygen atoms in total. The van der Waals surface area contributed by atoms with Crippen molar-refractivity contribution in [1.82, 2.24) is 24.5 Å². The summed E-state index contributed by atoms with van der Waals surface area (Å²) in [4.78, 5) is 23.6. The van der Waals surface area contributed by atoms with Gasteiger partial charge in [-0.25, -0.2) is 13.3 Å². The molecule has 2 atom stereocenters. The topological polar surface area (TPSA) is 136 Å².